The van der Waals surface area contributed by atoms with Crippen LogP contribution in [-0.4, -0.2) is 18.9 Å². The van der Waals surface area contributed by atoms with Crippen molar-refractivity contribution in [1.29, 1.82) is 0 Å². The fraction of sp³-hybridized carbons (Fsp3) is 0.222. The zero-order chi connectivity index (χ0) is 16.8. The van der Waals surface area contributed by atoms with Crippen LogP contribution in [0.15, 0.2) is 53.0 Å². The molecule has 2 amide bonds. The summed E-state index contributed by atoms with van der Waals surface area (Å²) in [4.78, 5) is 24.9. The van der Waals surface area contributed by atoms with Gasteiger partial charge >= 0.3 is 0 Å². The Balaban J connectivity index is 1.90. The summed E-state index contributed by atoms with van der Waals surface area (Å²) < 4.78 is 1.02. The quantitative estimate of drug-likeness (QED) is 0.859. The van der Waals surface area contributed by atoms with E-state index in [1.165, 1.54) is 6.92 Å². The Morgan fingerprint density at radius 1 is 1.09 bits per heavy atom. The van der Waals surface area contributed by atoms with Gasteiger partial charge in [-0.05, 0) is 42.3 Å². The standard InChI is InChI=1S/C18H19BrN2O2/c1-13(22)21(2)16-10-8-15(9-11-16)20-18(23)12-7-14-5-3-4-6-17(14)19/h3-6,8-11H,7,12H2,1-2H3,(H,20,23). The molecule has 0 aromatic heterocycles. The Kier molecular flexibility index (Phi) is 5.93. The molecule has 5 heteroatoms. The molecule has 4 nitrogen and oxygen atoms in total. The molecule has 1 N–H and O–H groups in total. The number of halogens is 1. The molecule has 0 heterocycles. The highest BCUT2D eigenvalue weighted by molar-refractivity contribution is 9.10. The Hall–Kier alpha value is -2.14. The van der Waals surface area contributed by atoms with Crippen LogP contribution in [0.2, 0.25) is 0 Å². The van der Waals surface area contributed by atoms with Crippen LogP contribution < -0.4 is 10.2 Å². The van der Waals surface area contributed by atoms with Crippen molar-refractivity contribution in [2.24, 2.45) is 0 Å². The fourth-order valence-corrected chi connectivity index (χ4v) is 2.61. The molecule has 0 saturated carbocycles. The number of amides is 2. The smallest absolute Gasteiger partial charge is 0.224 e. The van der Waals surface area contributed by atoms with Crippen LogP contribution in [0, 0.1) is 0 Å². The SMILES string of the molecule is CC(=O)N(C)c1ccc(NC(=O)CCc2ccccc2Br)cc1. The molecule has 23 heavy (non-hydrogen) atoms. The number of benzene rings is 2. The van der Waals surface area contributed by atoms with Gasteiger partial charge in [-0.1, -0.05) is 34.1 Å². The molecule has 0 radical (unpaired) electrons. The number of nitrogens with zero attached hydrogens (tertiary/aromatic N) is 1. The Morgan fingerprint density at radius 3 is 2.35 bits per heavy atom. The summed E-state index contributed by atoms with van der Waals surface area (Å²) in [7, 11) is 1.72. The van der Waals surface area contributed by atoms with E-state index in [0.717, 1.165) is 21.4 Å². The third kappa shape index (κ3) is 4.93. The minimum Gasteiger partial charge on any atom is -0.326 e. The number of rotatable bonds is 5. The molecule has 2 aromatic rings. The van der Waals surface area contributed by atoms with Gasteiger partial charge in [-0.15, -0.1) is 0 Å². The molecule has 2 aromatic carbocycles. The van der Waals surface area contributed by atoms with Gasteiger partial charge in [0.1, 0.15) is 0 Å². The highest BCUT2D eigenvalue weighted by Gasteiger charge is 2.07. The molecule has 120 valence electrons. The third-order valence-corrected chi connectivity index (χ3v) is 4.36. The van der Waals surface area contributed by atoms with E-state index in [0.29, 0.717) is 12.8 Å². The van der Waals surface area contributed by atoms with Gasteiger partial charge in [-0.25, -0.2) is 0 Å². The van der Waals surface area contributed by atoms with E-state index >= 15 is 0 Å². The number of nitrogens with one attached hydrogen (secondary N) is 1. The van der Waals surface area contributed by atoms with Crippen LogP contribution in [0.25, 0.3) is 0 Å². The van der Waals surface area contributed by atoms with Gasteiger partial charge in [0.2, 0.25) is 11.8 Å². The van der Waals surface area contributed by atoms with Gasteiger partial charge in [0, 0.05) is 36.2 Å². The van der Waals surface area contributed by atoms with Crippen molar-refractivity contribution in [2.75, 3.05) is 17.3 Å². The zero-order valence-corrected chi connectivity index (χ0v) is 14.8. The number of hydrogen-bond donors (Lipinski definition) is 1. The van der Waals surface area contributed by atoms with Crippen LogP contribution in [0.1, 0.15) is 18.9 Å². The Morgan fingerprint density at radius 2 is 1.74 bits per heavy atom. The molecule has 0 aliphatic rings. The van der Waals surface area contributed by atoms with E-state index in [4.69, 9.17) is 0 Å². The Bertz CT molecular complexity index is 698. The number of anilines is 2. The van der Waals surface area contributed by atoms with Crippen molar-refractivity contribution in [3.8, 4) is 0 Å². The summed E-state index contributed by atoms with van der Waals surface area (Å²) in [6, 6.07) is 15.1. The fourth-order valence-electron chi connectivity index (χ4n) is 2.12. The molecule has 0 fully saturated rings. The normalized spacial score (nSPS) is 10.2. The molecule has 0 unspecified atom stereocenters. The van der Waals surface area contributed by atoms with Crippen molar-refractivity contribution in [2.45, 2.75) is 19.8 Å². The summed E-state index contributed by atoms with van der Waals surface area (Å²) in [5, 5.41) is 2.87. The van der Waals surface area contributed by atoms with E-state index < -0.39 is 0 Å². The maximum absolute atomic E-state index is 12.0. The first kappa shape index (κ1) is 17.2. The molecule has 0 aliphatic carbocycles. The van der Waals surface area contributed by atoms with E-state index in [-0.39, 0.29) is 11.8 Å². The second-order valence-electron chi connectivity index (χ2n) is 5.26. The van der Waals surface area contributed by atoms with Gasteiger partial charge < -0.3 is 10.2 Å². The molecule has 0 atom stereocenters. The van der Waals surface area contributed by atoms with Crippen molar-refractivity contribution in [1.82, 2.24) is 0 Å². The lowest BCUT2D eigenvalue weighted by Crippen LogP contribution is -2.22. The second kappa shape index (κ2) is 7.92. The first-order valence-electron chi connectivity index (χ1n) is 7.35. The molecule has 2 rings (SSSR count). The van der Waals surface area contributed by atoms with E-state index in [1.54, 1.807) is 24.1 Å². The first-order chi connectivity index (χ1) is 11.0. The average molecular weight is 375 g/mol. The zero-order valence-electron chi connectivity index (χ0n) is 13.2. The van der Waals surface area contributed by atoms with Crippen LogP contribution in [-0.2, 0) is 16.0 Å². The largest absolute Gasteiger partial charge is 0.326 e. The van der Waals surface area contributed by atoms with E-state index in [9.17, 15) is 9.59 Å². The monoisotopic (exact) mass is 374 g/mol. The Labute approximate surface area is 144 Å². The highest BCUT2D eigenvalue weighted by Crippen LogP contribution is 2.19. The molecular weight excluding hydrogens is 356 g/mol. The predicted molar refractivity (Wildman–Crippen MR) is 96.6 cm³/mol. The van der Waals surface area contributed by atoms with E-state index in [1.807, 2.05) is 36.4 Å². The van der Waals surface area contributed by atoms with Gasteiger partial charge in [-0.3, -0.25) is 9.59 Å². The summed E-state index contributed by atoms with van der Waals surface area (Å²) in [6.45, 7) is 1.51. The average Bonchev–Trinajstić information content (AvgIpc) is 2.54. The molecule has 0 saturated heterocycles. The lowest BCUT2D eigenvalue weighted by Gasteiger charge is -2.15. The molecule has 0 bridgehead atoms. The maximum Gasteiger partial charge on any atom is 0.224 e. The number of aryl methyl sites for hydroxylation is 1. The molecule has 0 spiro atoms. The first-order valence-corrected chi connectivity index (χ1v) is 8.14. The lowest BCUT2D eigenvalue weighted by atomic mass is 10.1. The summed E-state index contributed by atoms with van der Waals surface area (Å²) in [5.74, 6) is -0.0661. The summed E-state index contributed by atoms with van der Waals surface area (Å²) >= 11 is 3.48. The third-order valence-electron chi connectivity index (χ3n) is 3.59. The summed E-state index contributed by atoms with van der Waals surface area (Å²) in [6.07, 6.45) is 1.09. The number of carbonyl (C=O) groups is 2. The number of hydrogen-bond acceptors (Lipinski definition) is 2. The van der Waals surface area contributed by atoms with Crippen molar-refractivity contribution in [3.05, 3.63) is 58.6 Å². The summed E-state index contributed by atoms with van der Waals surface area (Å²) in [5.41, 5.74) is 2.63. The maximum atomic E-state index is 12.0. The van der Waals surface area contributed by atoms with Gasteiger partial charge in [0.25, 0.3) is 0 Å². The molecular formula is C18H19BrN2O2. The highest BCUT2D eigenvalue weighted by atomic mass is 79.9. The topological polar surface area (TPSA) is 49.4 Å². The van der Waals surface area contributed by atoms with E-state index in [2.05, 4.69) is 21.2 Å². The second-order valence-corrected chi connectivity index (χ2v) is 6.12. The van der Waals surface area contributed by atoms with Crippen LogP contribution in [0.5, 0.6) is 0 Å². The minimum absolute atomic E-state index is 0.0322. The number of carbonyl (C=O) groups excluding carboxylic acids is 2. The van der Waals surface area contributed by atoms with Gasteiger partial charge in [-0.2, -0.15) is 0 Å². The van der Waals surface area contributed by atoms with Crippen LogP contribution in [0.4, 0.5) is 11.4 Å². The lowest BCUT2D eigenvalue weighted by molar-refractivity contribution is -0.117. The van der Waals surface area contributed by atoms with Crippen molar-refractivity contribution >= 4 is 39.1 Å². The minimum atomic E-state index is -0.0339. The van der Waals surface area contributed by atoms with Crippen LogP contribution >= 0.6 is 15.9 Å². The van der Waals surface area contributed by atoms with Gasteiger partial charge in [0.15, 0.2) is 0 Å². The predicted octanol–water partition coefficient (Wildman–Crippen LogP) is 4.00. The van der Waals surface area contributed by atoms with Crippen molar-refractivity contribution in [3.63, 3.8) is 0 Å². The van der Waals surface area contributed by atoms with Crippen LogP contribution in [0.3, 0.4) is 0 Å². The van der Waals surface area contributed by atoms with Gasteiger partial charge in [0.05, 0.1) is 0 Å². The van der Waals surface area contributed by atoms with Crippen molar-refractivity contribution < 1.29 is 9.59 Å². The molecule has 0 aliphatic heterocycles.